The topological polar surface area (TPSA) is 119 Å². The Kier molecular flexibility index (Phi) is 6.11. The molecule has 0 fully saturated rings. The molecule has 3 aromatic rings. The van der Waals surface area contributed by atoms with E-state index >= 15 is 0 Å². The van der Waals surface area contributed by atoms with Crippen molar-refractivity contribution in [1.29, 1.82) is 0 Å². The van der Waals surface area contributed by atoms with Gasteiger partial charge in [0, 0.05) is 11.9 Å². The van der Waals surface area contributed by atoms with Crippen LogP contribution in [-0.2, 0) is 4.74 Å². The summed E-state index contributed by atoms with van der Waals surface area (Å²) in [6.07, 6.45) is 1.06. The molecule has 0 radical (unpaired) electrons. The monoisotopic (exact) mass is 409 g/mol. The number of methoxy groups -OCH3 is 1. The Morgan fingerprint density at radius 3 is 2.30 bits per heavy atom. The van der Waals surface area contributed by atoms with Gasteiger partial charge in [-0.3, -0.25) is 9.59 Å². The summed E-state index contributed by atoms with van der Waals surface area (Å²) in [7, 11) is 1.50. The summed E-state index contributed by atoms with van der Waals surface area (Å²) < 4.78 is 10.8. The summed E-state index contributed by atoms with van der Waals surface area (Å²) in [5, 5.41) is 2.57. The molecule has 9 nitrogen and oxygen atoms in total. The highest BCUT2D eigenvalue weighted by Crippen LogP contribution is 2.13. The van der Waals surface area contributed by atoms with Gasteiger partial charge in [0.05, 0.1) is 25.0 Å². The Hall–Kier alpha value is -4.14. The zero-order chi connectivity index (χ0) is 21.7. The number of amides is 1. The highest BCUT2D eigenvalue weighted by Gasteiger charge is 2.16. The lowest BCUT2D eigenvalue weighted by molar-refractivity contribution is 0.0526. The van der Waals surface area contributed by atoms with Gasteiger partial charge in [-0.25, -0.2) is 14.2 Å². The van der Waals surface area contributed by atoms with E-state index in [-0.39, 0.29) is 17.9 Å². The Balaban J connectivity index is 1.87. The maximum atomic E-state index is 12.8. The van der Waals surface area contributed by atoms with Crippen molar-refractivity contribution in [3.8, 4) is 11.4 Å². The molecule has 30 heavy (non-hydrogen) atoms. The molecule has 0 unspecified atom stereocenters. The van der Waals surface area contributed by atoms with E-state index in [2.05, 4.69) is 10.3 Å². The van der Waals surface area contributed by atoms with Gasteiger partial charge in [-0.1, -0.05) is 0 Å². The van der Waals surface area contributed by atoms with Crippen molar-refractivity contribution < 1.29 is 19.1 Å². The first kappa shape index (κ1) is 20.6. The van der Waals surface area contributed by atoms with Crippen LogP contribution < -0.4 is 21.3 Å². The maximum Gasteiger partial charge on any atom is 0.338 e. The Bertz CT molecular complexity index is 1180. The van der Waals surface area contributed by atoms with Gasteiger partial charge >= 0.3 is 11.7 Å². The molecule has 0 aliphatic carbocycles. The van der Waals surface area contributed by atoms with Gasteiger partial charge in [-0.05, 0) is 55.5 Å². The third-order valence-corrected chi connectivity index (χ3v) is 4.21. The number of anilines is 1. The molecule has 0 saturated carbocycles. The minimum atomic E-state index is -0.774. The van der Waals surface area contributed by atoms with Crippen molar-refractivity contribution in [3.05, 3.63) is 86.7 Å². The predicted octanol–water partition coefficient (Wildman–Crippen LogP) is 1.96. The zero-order valence-electron chi connectivity index (χ0n) is 16.3. The van der Waals surface area contributed by atoms with Crippen LogP contribution in [0.5, 0.6) is 5.75 Å². The second-order valence-corrected chi connectivity index (χ2v) is 6.10. The lowest BCUT2D eigenvalue weighted by Crippen LogP contribution is -2.38. The Morgan fingerprint density at radius 2 is 1.70 bits per heavy atom. The molecule has 0 aliphatic rings. The van der Waals surface area contributed by atoms with Crippen LogP contribution in [0, 0.1) is 0 Å². The molecule has 0 aliphatic heterocycles. The maximum absolute atomic E-state index is 12.8. The molecular formula is C21H19N3O6. The van der Waals surface area contributed by atoms with Crippen molar-refractivity contribution in [2.45, 2.75) is 6.92 Å². The van der Waals surface area contributed by atoms with Crippen LogP contribution in [0.25, 0.3) is 5.69 Å². The van der Waals surface area contributed by atoms with Crippen LogP contribution >= 0.6 is 0 Å². The fraction of sp³-hybridized carbons (Fsp3) is 0.143. The summed E-state index contributed by atoms with van der Waals surface area (Å²) in [5.74, 6) is -0.621. The third-order valence-electron chi connectivity index (χ3n) is 4.21. The summed E-state index contributed by atoms with van der Waals surface area (Å²) in [4.78, 5) is 51.6. The van der Waals surface area contributed by atoms with Crippen LogP contribution in [0.4, 0.5) is 5.69 Å². The number of aromatic amines is 1. The number of carbonyl (C=O) groups excluding carboxylic acids is 2. The number of hydrogen-bond donors (Lipinski definition) is 2. The van der Waals surface area contributed by atoms with Crippen LogP contribution in [0.3, 0.4) is 0 Å². The number of nitrogens with zero attached hydrogens (tertiary/aromatic N) is 1. The molecule has 0 saturated heterocycles. The number of ether oxygens (including phenoxy) is 2. The van der Waals surface area contributed by atoms with Crippen LogP contribution in [-0.4, -0.2) is 35.1 Å². The number of H-pyrrole nitrogens is 1. The summed E-state index contributed by atoms with van der Waals surface area (Å²) in [5.41, 5.74) is -0.712. The molecule has 0 bridgehead atoms. The summed E-state index contributed by atoms with van der Waals surface area (Å²) in [6.45, 7) is 1.96. The van der Waals surface area contributed by atoms with Gasteiger partial charge in [0.25, 0.3) is 11.5 Å². The average molecular weight is 409 g/mol. The minimum absolute atomic E-state index is 0.250. The van der Waals surface area contributed by atoms with E-state index in [0.29, 0.717) is 17.0 Å². The van der Waals surface area contributed by atoms with E-state index in [1.165, 1.54) is 43.5 Å². The number of benzene rings is 2. The first-order chi connectivity index (χ1) is 14.4. The van der Waals surface area contributed by atoms with Gasteiger partial charge in [0.15, 0.2) is 0 Å². The molecule has 0 spiro atoms. The standard InChI is InChI=1S/C21H19N3O6/c1-3-30-20(27)13-4-6-14(7-5-13)23-18(25)17-12-22-21(28)24(19(17)26)15-8-10-16(29-2)11-9-15/h4-12H,3H2,1-2H3,(H,22,28)(H,23,25). The predicted molar refractivity (Wildman–Crippen MR) is 110 cm³/mol. The highest BCUT2D eigenvalue weighted by molar-refractivity contribution is 6.04. The van der Waals surface area contributed by atoms with Crippen molar-refractivity contribution >= 4 is 17.6 Å². The van der Waals surface area contributed by atoms with Gasteiger partial charge < -0.3 is 19.8 Å². The second-order valence-electron chi connectivity index (χ2n) is 6.10. The number of aromatic nitrogens is 2. The zero-order valence-corrected chi connectivity index (χ0v) is 16.3. The van der Waals surface area contributed by atoms with Crippen molar-refractivity contribution in [3.63, 3.8) is 0 Å². The number of rotatable bonds is 6. The van der Waals surface area contributed by atoms with E-state index in [9.17, 15) is 19.2 Å². The summed E-state index contributed by atoms with van der Waals surface area (Å²) in [6, 6.07) is 12.3. The van der Waals surface area contributed by atoms with E-state index < -0.39 is 23.1 Å². The van der Waals surface area contributed by atoms with Crippen LogP contribution in [0.2, 0.25) is 0 Å². The largest absolute Gasteiger partial charge is 0.497 e. The number of nitrogens with one attached hydrogen (secondary N) is 2. The van der Waals surface area contributed by atoms with E-state index in [4.69, 9.17) is 9.47 Å². The van der Waals surface area contributed by atoms with Gasteiger partial charge in [-0.15, -0.1) is 0 Å². The fourth-order valence-electron chi connectivity index (χ4n) is 2.70. The molecule has 0 atom stereocenters. The van der Waals surface area contributed by atoms with Crippen molar-refractivity contribution in [2.75, 3.05) is 19.0 Å². The lowest BCUT2D eigenvalue weighted by Gasteiger charge is -2.09. The molecule has 3 rings (SSSR count). The second kappa shape index (κ2) is 8.91. The van der Waals surface area contributed by atoms with E-state index in [0.717, 1.165) is 10.8 Å². The number of esters is 1. The first-order valence-electron chi connectivity index (χ1n) is 9.02. The van der Waals surface area contributed by atoms with Gasteiger partial charge in [0.1, 0.15) is 11.3 Å². The number of carbonyl (C=O) groups is 2. The first-order valence-corrected chi connectivity index (χ1v) is 9.02. The van der Waals surface area contributed by atoms with Crippen molar-refractivity contribution in [2.24, 2.45) is 0 Å². The molecular weight excluding hydrogens is 390 g/mol. The summed E-state index contributed by atoms with van der Waals surface area (Å²) >= 11 is 0. The van der Waals surface area contributed by atoms with Gasteiger partial charge in [-0.2, -0.15) is 0 Å². The van der Waals surface area contributed by atoms with E-state index in [1.54, 1.807) is 19.1 Å². The van der Waals surface area contributed by atoms with Crippen LogP contribution in [0.15, 0.2) is 64.3 Å². The molecule has 1 aromatic heterocycles. The molecule has 154 valence electrons. The molecule has 1 amide bonds. The van der Waals surface area contributed by atoms with Gasteiger partial charge in [0.2, 0.25) is 0 Å². The molecule has 9 heteroatoms. The lowest BCUT2D eigenvalue weighted by atomic mass is 10.2. The SMILES string of the molecule is CCOC(=O)c1ccc(NC(=O)c2c[nH]c(=O)n(-c3ccc(OC)cc3)c2=O)cc1. The van der Waals surface area contributed by atoms with Crippen LogP contribution in [0.1, 0.15) is 27.6 Å². The third kappa shape index (κ3) is 4.30. The minimum Gasteiger partial charge on any atom is -0.497 e. The smallest absolute Gasteiger partial charge is 0.338 e. The fourth-order valence-corrected chi connectivity index (χ4v) is 2.70. The van der Waals surface area contributed by atoms with E-state index in [1.807, 2.05) is 0 Å². The average Bonchev–Trinajstić information content (AvgIpc) is 2.75. The Labute approximate surface area is 170 Å². The highest BCUT2D eigenvalue weighted by atomic mass is 16.5. The molecule has 2 aromatic carbocycles. The quantitative estimate of drug-likeness (QED) is 0.601. The molecule has 2 N–H and O–H groups in total. The normalized spacial score (nSPS) is 10.3. The number of hydrogen-bond acceptors (Lipinski definition) is 6. The van der Waals surface area contributed by atoms with Crippen molar-refractivity contribution in [1.82, 2.24) is 9.55 Å². The molecule has 1 heterocycles. The Morgan fingerprint density at radius 1 is 1.03 bits per heavy atom.